The lowest BCUT2D eigenvalue weighted by Gasteiger charge is -2.12. The van der Waals surface area contributed by atoms with Gasteiger partial charge in [0.25, 0.3) is 0 Å². The molecule has 0 atom stereocenters. The zero-order valence-electron chi connectivity index (χ0n) is 25.4. The molecule has 0 saturated heterocycles. The second kappa shape index (κ2) is 18.4. The van der Waals surface area contributed by atoms with Crippen LogP contribution in [-0.4, -0.2) is 26.4 Å². The van der Waals surface area contributed by atoms with Gasteiger partial charge >= 0.3 is 5.97 Å². The Morgan fingerprint density at radius 2 is 1.27 bits per heavy atom. The van der Waals surface area contributed by atoms with Crippen LogP contribution in [0.5, 0.6) is 28.7 Å². The highest BCUT2D eigenvalue weighted by Gasteiger charge is 2.23. The van der Waals surface area contributed by atoms with Gasteiger partial charge in [0.15, 0.2) is 17.3 Å². The van der Waals surface area contributed by atoms with Gasteiger partial charge in [0.2, 0.25) is 11.2 Å². The van der Waals surface area contributed by atoms with E-state index in [-0.39, 0.29) is 34.5 Å². The second-order valence-corrected chi connectivity index (χ2v) is 10.1. The summed E-state index contributed by atoms with van der Waals surface area (Å²) in [6, 6.07) is 5.78. The summed E-state index contributed by atoms with van der Waals surface area (Å²) in [5.41, 5.74) is -0.858. The Balaban J connectivity index is 1.49. The van der Waals surface area contributed by atoms with E-state index in [0.29, 0.717) is 12.8 Å². The molecule has 0 saturated carbocycles. The number of allylic oxidation sites excluding steroid dienone is 12. The standard InChI is InChI=1S/C37H40O8/c1-2-3-4-5-6-7-8-9-10-11-12-13-14-15-16-17-18-19-20-21-33(42)45-37-35(43)34-31(41)25-28(38)26-32(34)44-36(37)27-22-23-29(39)30(40)24-27/h3-4,6-7,9-10,12-13,15-16,18-19,22-26,38-41H,2,5,8,11,14,17,20-21H2,1H3/b4-3+,7-6+,10-9+,13-12+,16-15+,19-18+. The summed E-state index contributed by atoms with van der Waals surface area (Å²) in [6.07, 6.45) is 30.9. The minimum absolute atomic E-state index is 0.0263. The van der Waals surface area contributed by atoms with Gasteiger partial charge in [-0.25, -0.2) is 0 Å². The van der Waals surface area contributed by atoms with Crippen molar-refractivity contribution in [2.75, 3.05) is 0 Å². The average molecular weight is 613 g/mol. The van der Waals surface area contributed by atoms with Crippen molar-refractivity contribution in [1.82, 2.24) is 0 Å². The number of carbonyl (C=O) groups is 1. The summed E-state index contributed by atoms with van der Waals surface area (Å²) >= 11 is 0. The molecule has 3 aromatic rings. The fourth-order valence-electron chi connectivity index (χ4n) is 4.22. The number of rotatable bonds is 16. The van der Waals surface area contributed by atoms with Gasteiger partial charge in [-0.3, -0.25) is 9.59 Å². The number of hydrogen-bond acceptors (Lipinski definition) is 8. The van der Waals surface area contributed by atoms with Crippen LogP contribution in [0.25, 0.3) is 22.3 Å². The van der Waals surface area contributed by atoms with Crippen LogP contribution in [0.1, 0.15) is 58.3 Å². The number of hydrogen-bond donors (Lipinski definition) is 4. The van der Waals surface area contributed by atoms with E-state index in [1.165, 1.54) is 12.1 Å². The van der Waals surface area contributed by atoms with Crippen LogP contribution in [0.3, 0.4) is 0 Å². The molecule has 8 nitrogen and oxygen atoms in total. The third-order valence-corrected chi connectivity index (χ3v) is 6.48. The molecule has 8 heteroatoms. The minimum atomic E-state index is -0.835. The van der Waals surface area contributed by atoms with E-state index in [2.05, 4.69) is 61.6 Å². The van der Waals surface area contributed by atoms with Crippen molar-refractivity contribution in [2.24, 2.45) is 0 Å². The van der Waals surface area contributed by atoms with Gasteiger partial charge in [-0.05, 0) is 63.1 Å². The SMILES string of the molecule is CC/C=C/C/C=C/C/C=C/C/C=C/C/C=C/C/C=C/CCC(=O)Oc1c(-c2ccc(O)c(O)c2)oc2cc(O)cc(O)c2c1=O. The molecule has 45 heavy (non-hydrogen) atoms. The monoisotopic (exact) mass is 612 g/mol. The topological polar surface area (TPSA) is 137 Å². The first-order valence-corrected chi connectivity index (χ1v) is 15.0. The summed E-state index contributed by atoms with van der Waals surface area (Å²) in [5, 5.41) is 39.4. The molecule has 4 N–H and O–H groups in total. The maximum absolute atomic E-state index is 13.3. The van der Waals surface area contributed by atoms with Crippen LogP contribution in [0.15, 0.2) is 112 Å². The van der Waals surface area contributed by atoms with Crippen molar-refractivity contribution in [3.8, 4) is 40.1 Å². The van der Waals surface area contributed by atoms with Crippen molar-refractivity contribution in [3.05, 3.63) is 113 Å². The molecule has 0 amide bonds. The number of phenols is 4. The molecule has 0 fully saturated rings. The van der Waals surface area contributed by atoms with Gasteiger partial charge in [-0.2, -0.15) is 0 Å². The largest absolute Gasteiger partial charge is 0.508 e. The number of fused-ring (bicyclic) bond motifs is 1. The predicted molar refractivity (Wildman–Crippen MR) is 178 cm³/mol. The minimum Gasteiger partial charge on any atom is -0.508 e. The molecule has 0 bridgehead atoms. The van der Waals surface area contributed by atoms with E-state index in [4.69, 9.17) is 9.15 Å². The maximum Gasteiger partial charge on any atom is 0.311 e. The number of carbonyl (C=O) groups excluding carboxylic acids is 1. The highest BCUT2D eigenvalue weighted by Crippen LogP contribution is 2.38. The molecule has 3 rings (SSSR count). The van der Waals surface area contributed by atoms with E-state index in [9.17, 15) is 30.0 Å². The molecule has 2 aromatic carbocycles. The third kappa shape index (κ3) is 11.1. The molecule has 0 radical (unpaired) electrons. The van der Waals surface area contributed by atoms with Gasteiger partial charge in [-0.1, -0.05) is 79.8 Å². The van der Waals surface area contributed by atoms with Crippen molar-refractivity contribution in [1.29, 1.82) is 0 Å². The molecule has 236 valence electrons. The highest BCUT2D eigenvalue weighted by atomic mass is 16.5. The fourth-order valence-corrected chi connectivity index (χ4v) is 4.22. The molecule has 1 heterocycles. The molecule has 1 aromatic heterocycles. The van der Waals surface area contributed by atoms with E-state index >= 15 is 0 Å². The molecule has 0 unspecified atom stereocenters. The van der Waals surface area contributed by atoms with Gasteiger partial charge in [0.1, 0.15) is 22.5 Å². The molecule has 0 spiro atoms. The molecule has 0 aliphatic rings. The Hall–Kier alpha value is -5.24. The van der Waals surface area contributed by atoms with Crippen LogP contribution in [0.2, 0.25) is 0 Å². The lowest BCUT2D eigenvalue weighted by atomic mass is 10.1. The summed E-state index contributed by atoms with van der Waals surface area (Å²) in [4.78, 5) is 25.9. The van der Waals surface area contributed by atoms with Crippen LogP contribution in [0.4, 0.5) is 0 Å². The molecular formula is C37H40O8. The van der Waals surface area contributed by atoms with Crippen LogP contribution >= 0.6 is 0 Å². The fraction of sp³-hybridized carbons (Fsp3) is 0.243. The summed E-state index contributed by atoms with van der Waals surface area (Å²) < 4.78 is 11.1. The highest BCUT2D eigenvalue weighted by molar-refractivity contribution is 5.89. The quantitative estimate of drug-likeness (QED) is 0.0716. The predicted octanol–water partition coefficient (Wildman–Crippen LogP) is 8.67. The number of benzene rings is 2. The van der Waals surface area contributed by atoms with Gasteiger partial charge in [0, 0.05) is 24.1 Å². The Morgan fingerprint density at radius 3 is 1.82 bits per heavy atom. The smallest absolute Gasteiger partial charge is 0.311 e. The average Bonchev–Trinajstić information content (AvgIpc) is 3.00. The molecule has 0 aliphatic heterocycles. The van der Waals surface area contributed by atoms with Crippen molar-refractivity contribution < 1.29 is 34.4 Å². The normalized spacial score (nSPS) is 12.4. The maximum atomic E-state index is 13.3. The Morgan fingerprint density at radius 1 is 0.711 bits per heavy atom. The van der Waals surface area contributed by atoms with E-state index in [1.807, 2.05) is 18.2 Å². The van der Waals surface area contributed by atoms with Crippen LogP contribution < -0.4 is 10.2 Å². The third-order valence-electron chi connectivity index (χ3n) is 6.48. The number of phenolic OH excluding ortho intramolecular Hbond substituents is 4. The number of aromatic hydroxyl groups is 4. The summed E-state index contributed by atoms with van der Waals surface area (Å²) in [7, 11) is 0. The lowest BCUT2D eigenvalue weighted by Crippen LogP contribution is -2.16. The number of ether oxygens (including phenoxy) is 1. The van der Waals surface area contributed by atoms with Gasteiger partial charge < -0.3 is 29.6 Å². The zero-order valence-corrected chi connectivity index (χ0v) is 25.4. The van der Waals surface area contributed by atoms with E-state index in [0.717, 1.165) is 50.3 Å². The Bertz CT molecular complexity index is 1670. The van der Waals surface area contributed by atoms with Crippen molar-refractivity contribution >= 4 is 16.9 Å². The van der Waals surface area contributed by atoms with Gasteiger partial charge in [-0.15, -0.1) is 0 Å². The second-order valence-electron chi connectivity index (χ2n) is 10.1. The van der Waals surface area contributed by atoms with E-state index in [1.54, 1.807) is 0 Å². The van der Waals surface area contributed by atoms with Crippen molar-refractivity contribution in [2.45, 2.75) is 58.3 Å². The van der Waals surface area contributed by atoms with E-state index < -0.39 is 34.4 Å². The van der Waals surface area contributed by atoms with Gasteiger partial charge in [0.05, 0.1) is 0 Å². The zero-order chi connectivity index (χ0) is 32.4. The first-order chi connectivity index (χ1) is 21.8. The number of esters is 1. The Kier molecular flexibility index (Phi) is 14.0. The molecular weight excluding hydrogens is 572 g/mol. The van der Waals surface area contributed by atoms with Crippen LogP contribution in [0, 0.1) is 0 Å². The summed E-state index contributed by atoms with van der Waals surface area (Å²) in [5.74, 6) is -3.17. The lowest BCUT2D eigenvalue weighted by molar-refractivity contribution is -0.134. The van der Waals surface area contributed by atoms with Crippen molar-refractivity contribution in [3.63, 3.8) is 0 Å². The first kappa shape index (κ1) is 34.3. The summed E-state index contributed by atoms with van der Waals surface area (Å²) in [6.45, 7) is 2.13. The molecule has 0 aliphatic carbocycles. The Labute approximate surface area is 262 Å². The van der Waals surface area contributed by atoms with Crippen LogP contribution in [-0.2, 0) is 4.79 Å². The first-order valence-electron chi connectivity index (χ1n) is 15.0.